The van der Waals surface area contributed by atoms with Crippen molar-refractivity contribution in [3.05, 3.63) is 40.9 Å². The number of hydrogen-bond donors (Lipinski definition) is 1. The summed E-state index contributed by atoms with van der Waals surface area (Å²) in [4.78, 5) is 35.3. The van der Waals surface area contributed by atoms with E-state index in [1.54, 1.807) is 32.1 Å². The van der Waals surface area contributed by atoms with Crippen molar-refractivity contribution in [2.45, 2.75) is 32.4 Å². The molecule has 0 spiro atoms. The van der Waals surface area contributed by atoms with E-state index in [1.165, 1.54) is 19.1 Å². The van der Waals surface area contributed by atoms with Crippen molar-refractivity contribution >= 4 is 41.0 Å². The zero-order valence-electron chi connectivity index (χ0n) is 15.2. The average Bonchev–Trinajstić information content (AvgIpc) is 2.61. The summed E-state index contributed by atoms with van der Waals surface area (Å²) in [5.74, 6) is -1.64. The molecule has 0 aliphatic heterocycles. The standard InChI is InChI=1S/C18H21Cl2NO6/c1-4-25-17(23)15(11(2)9-10-21-12(3)22)27-18(24)16(20)26-14-7-5-13(19)6-8-14/h5-9,15-16H,4,10H2,1-3H3,(H,21,22). The third kappa shape index (κ3) is 8.32. The molecule has 0 saturated carbocycles. The minimum absolute atomic E-state index is 0.109. The molecule has 0 fully saturated rings. The molecule has 0 aromatic heterocycles. The molecule has 1 N–H and O–H groups in total. The number of amides is 1. The molecule has 1 rings (SSSR count). The number of esters is 2. The van der Waals surface area contributed by atoms with E-state index in [9.17, 15) is 14.4 Å². The van der Waals surface area contributed by atoms with Gasteiger partial charge in [0.1, 0.15) is 5.75 Å². The molecule has 0 heterocycles. The second-order valence-corrected chi connectivity index (χ2v) is 6.17. The van der Waals surface area contributed by atoms with Gasteiger partial charge in [-0.25, -0.2) is 9.59 Å². The maximum Gasteiger partial charge on any atom is 0.364 e. The maximum atomic E-state index is 12.2. The summed E-state index contributed by atoms with van der Waals surface area (Å²) in [6, 6.07) is 6.21. The predicted octanol–water partition coefficient (Wildman–Crippen LogP) is 2.84. The molecule has 7 nitrogen and oxygen atoms in total. The van der Waals surface area contributed by atoms with Crippen LogP contribution in [0.15, 0.2) is 35.9 Å². The Morgan fingerprint density at radius 1 is 1.15 bits per heavy atom. The van der Waals surface area contributed by atoms with E-state index < -0.39 is 23.6 Å². The van der Waals surface area contributed by atoms with Gasteiger partial charge >= 0.3 is 11.9 Å². The molecule has 1 aromatic rings. The first-order valence-electron chi connectivity index (χ1n) is 8.09. The molecule has 2 unspecified atom stereocenters. The molecule has 0 aliphatic rings. The van der Waals surface area contributed by atoms with Gasteiger partial charge in [0.05, 0.1) is 6.61 Å². The van der Waals surface area contributed by atoms with Crippen LogP contribution in [0.5, 0.6) is 5.75 Å². The van der Waals surface area contributed by atoms with Gasteiger partial charge in [0.2, 0.25) is 12.0 Å². The largest absolute Gasteiger partial charge is 0.463 e. The fourth-order valence-electron chi connectivity index (χ4n) is 1.86. The lowest BCUT2D eigenvalue weighted by molar-refractivity contribution is -0.167. The van der Waals surface area contributed by atoms with Crippen molar-refractivity contribution in [3.63, 3.8) is 0 Å². The third-order valence-electron chi connectivity index (χ3n) is 3.16. The van der Waals surface area contributed by atoms with Crippen molar-refractivity contribution in [2.75, 3.05) is 13.2 Å². The zero-order chi connectivity index (χ0) is 20.4. The van der Waals surface area contributed by atoms with Crippen LogP contribution in [0.2, 0.25) is 5.02 Å². The Morgan fingerprint density at radius 2 is 1.78 bits per heavy atom. The highest BCUT2D eigenvalue weighted by molar-refractivity contribution is 6.30. The molecule has 0 radical (unpaired) electrons. The average molecular weight is 418 g/mol. The lowest BCUT2D eigenvalue weighted by atomic mass is 10.1. The van der Waals surface area contributed by atoms with E-state index in [4.69, 9.17) is 37.4 Å². The van der Waals surface area contributed by atoms with Gasteiger partial charge in [0.15, 0.2) is 0 Å². The van der Waals surface area contributed by atoms with Crippen LogP contribution in [-0.4, -0.2) is 42.7 Å². The summed E-state index contributed by atoms with van der Waals surface area (Å²) in [5, 5.41) is 3.04. The summed E-state index contributed by atoms with van der Waals surface area (Å²) in [5.41, 5.74) is -1.10. The lowest BCUT2D eigenvalue weighted by Crippen LogP contribution is -2.35. The van der Waals surface area contributed by atoms with Gasteiger partial charge in [-0.05, 0) is 43.7 Å². The second kappa shape index (κ2) is 11.5. The number of carbonyl (C=O) groups is 3. The summed E-state index contributed by atoms with van der Waals surface area (Å²) in [6.45, 7) is 4.83. The fraction of sp³-hybridized carbons (Fsp3) is 0.389. The minimum Gasteiger partial charge on any atom is -0.463 e. The maximum absolute atomic E-state index is 12.2. The Balaban J connectivity index is 2.79. The van der Waals surface area contributed by atoms with Crippen LogP contribution in [0.25, 0.3) is 0 Å². The van der Waals surface area contributed by atoms with Crippen LogP contribution >= 0.6 is 23.2 Å². The number of hydrogen-bond acceptors (Lipinski definition) is 6. The fourth-order valence-corrected chi connectivity index (χ4v) is 2.14. The van der Waals surface area contributed by atoms with Crippen molar-refractivity contribution in [2.24, 2.45) is 0 Å². The van der Waals surface area contributed by atoms with E-state index in [2.05, 4.69) is 5.32 Å². The van der Waals surface area contributed by atoms with E-state index >= 15 is 0 Å². The highest BCUT2D eigenvalue weighted by Crippen LogP contribution is 2.19. The van der Waals surface area contributed by atoms with Crippen LogP contribution in [0.1, 0.15) is 20.8 Å². The van der Waals surface area contributed by atoms with Gasteiger partial charge in [0, 0.05) is 18.5 Å². The van der Waals surface area contributed by atoms with Gasteiger partial charge < -0.3 is 19.5 Å². The Bertz CT molecular complexity index is 690. The summed E-state index contributed by atoms with van der Waals surface area (Å²) < 4.78 is 15.4. The Morgan fingerprint density at radius 3 is 2.33 bits per heavy atom. The molecule has 2 atom stereocenters. The van der Waals surface area contributed by atoms with E-state index in [1.807, 2.05) is 0 Å². The Hall–Kier alpha value is -2.25. The normalized spacial score (nSPS) is 13.3. The zero-order valence-corrected chi connectivity index (χ0v) is 16.7. The summed E-state index contributed by atoms with van der Waals surface area (Å²) in [6.07, 6.45) is 0.237. The van der Waals surface area contributed by atoms with Crippen molar-refractivity contribution in [1.82, 2.24) is 5.32 Å². The van der Waals surface area contributed by atoms with Crippen LogP contribution < -0.4 is 10.1 Å². The molecular weight excluding hydrogens is 397 g/mol. The molecule has 27 heavy (non-hydrogen) atoms. The molecule has 148 valence electrons. The van der Waals surface area contributed by atoms with Gasteiger partial charge in [-0.1, -0.05) is 29.3 Å². The number of carbonyl (C=O) groups excluding carboxylic acids is 3. The van der Waals surface area contributed by atoms with E-state index in [-0.39, 0.29) is 19.1 Å². The number of benzene rings is 1. The highest BCUT2D eigenvalue weighted by atomic mass is 35.5. The quantitative estimate of drug-likeness (QED) is 0.377. The smallest absolute Gasteiger partial charge is 0.364 e. The number of ether oxygens (including phenoxy) is 3. The monoisotopic (exact) mass is 417 g/mol. The molecule has 1 amide bonds. The number of rotatable bonds is 9. The van der Waals surface area contributed by atoms with Gasteiger partial charge in [0.25, 0.3) is 5.56 Å². The highest BCUT2D eigenvalue weighted by Gasteiger charge is 2.30. The first kappa shape index (κ1) is 22.8. The predicted molar refractivity (Wildman–Crippen MR) is 101 cm³/mol. The molecule has 0 saturated heterocycles. The van der Waals surface area contributed by atoms with Crippen molar-refractivity contribution in [1.29, 1.82) is 0 Å². The first-order valence-corrected chi connectivity index (χ1v) is 8.90. The van der Waals surface area contributed by atoms with E-state index in [0.29, 0.717) is 16.3 Å². The van der Waals surface area contributed by atoms with Crippen molar-refractivity contribution < 1.29 is 28.6 Å². The van der Waals surface area contributed by atoms with Crippen molar-refractivity contribution in [3.8, 4) is 5.75 Å². The molecule has 0 aliphatic carbocycles. The molecule has 1 aromatic carbocycles. The number of nitrogens with one attached hydrogen (secondary N) is 1. The van der Waals surface area contributed by atoms with Crippen LogP contribution in [-0.2, 0) is 23.9 Å². The SMILES string of the molecule is CCOC(=O)C(OC(=O)C(Cl)Oc1ccc(Cl)cc1)C(C)=CCNC(C)=O. The lowest BCUT2D eigenvalue weighted by Gasteiger charge is -2.19. The van der Waals surface area contributed by atoms with E-state index in [0.717, 1.165) is 0 Å². The summed E-state index contributed by atoms with van der Waals surface area (Å²) >= 11 is 11.7. The van der Waals surface area contributed by atoms with Gasteiger partial charge in [-0.2, -0.15) is 0 Å². The van der Waals surface area contributed by atoms with Gasteiger partial charge in [-0.15, -0.1) is 0 Å². The number of alkyl halides is 1. The third-order valence-corrected chi connectivity index (χ3v) is 3.68. The first-order chi connectivity index (χ1) is 12.7. The topological polar surface area (TPSA) is 90.9 Å². The summed E-state index contributed by atoms with van der Waals surface area (Å²) in [7, 11) is 0. The number of halogens is 2. The second-order valence-electron chi connectivity index (χ2n) is 5.34. The van der Waals surface area contributed by atoms with Crippen LogP contribution in [0, 0.1) is 0 Å². The Labute approximate surface area is 167 Å². The van der Waals surface area contributed by atoms with Crippen LogP contribution in [0.4, 0.5) is 0 Å². The van der Waals surface area contributed by atoms with Crippen LogP contribution in [0.3, 0.4) is 0 Å². The van der Waals surface area contributed by atoms with Gasteiger partial charge in [-0.3, -0.25) is 4.79 Å². The molecular formula is C18H21Cl2NO6. The Kier molecular flexibility index (Phi) is 9.67. The molecule has 9 heteroatoms. The minimum atomic E-state index is -1.48. The molecule has 0 bridgehead atoms.